The number of ether oxygens (including phenoxy) is 1. The van der Waals surface area contributed by atoms with E-state index in [1.165, 1.54) is 11.1 Å². The molecular formula is C20H22N4O. The van der Waals surface area contributed by atoms with Crippen molar-refractivity contribution in [1.82, 2.24) is 9.97 Å². The largest absolute Gasteiger partial charge is 0.497 e. The minimum Gasteiger partial charge on any atom is -0.497 e. The van der Waals surface area contributed by atoms with Crippen molar-refractivity contribution in [3.63, 3.8) is 0 Å². The Balaban J connectivity index is 1.72. The van der Waals surface area contributed by atoms with E-state index < -0.39 is 0 Å². The van der Waals surface area contributed by atoms with E-state index >= 15 is 0 Å². The Labute approximate surface area is 148 Å². The van der Waals surface area contributed by atoms with Crippen LogP contribution in [-0.4, -0.2) is 17.1 Å². The van der Waals surface area contributed by atoms with Gasteiger partial charge in [0.25, 0.3) is 0 Å². The average Bonchev–Trinajstić information content (AvgIpc) is 2.61. The first-order valence-electron chi connectivity index (χ1n) is 8.19. The molecule has 0 saturated heterocycles. The van der Waals surface area contributed by atoms with Crippen LogP contribution in [0.2, 0.25) is 0 Å². The number of aryl methyl sites for hydroxylation is 2. The first kappa shape index (κ1) is 16.8. The Morgan fingerprint density at radius 1 is 0.960 bits per heavy atom. The third-order valence-corrected chi connectivity index (χ3v) is 3.92. The summed E-state index contributed by atoms with van der Waals surface area (Å²) in [4.78, 5) is 9.00. The minimum absolute atomic E-state index is 0.567. The van der Waals surface area contributed by atoms with Crippen LogP contribution in [-0.2, 0) is 6.54 Å². The smallest absolute Gasteiger partial charge is 0.229 e. The second-order valence-electron chi connectivity index (χ2n) is 5.85. The molecule has 2 aromatic carbocycles. The van der Waals surface area contributed by atoms with Crippen LogP contribution >= 0.6 is 0 Å². The molecule has 5 heteroatoms. The van der Waals surface area contributed by atoms with Crippen molar-refractivity contribution < 1.29 is 4.74 Å². The van der Waals surface area contributed by atoms with Gasteiger partial charge in [0.15, 0.2) is 0 Å². The molecule has 0 fully saturated rings. The maximum atomic E-state index is 5.17. The van der Waals surface area contributed by atoms with Gasteiger partial charge in [-0.05, 0) is 49.2 Å². The van der Waals surface area contributed by atoms with Gasteiger partial charge in [-0.2, -0.15) is 4.98 Å². The molecule has 0 aliphatic heterocycles. The topological polar surface area (TPSA) is 59.1 Å². The Morgan fingerprint density at radius 2 is 1.72 bits per heavy atom. The molecule has 0 bridgehead atoms. The molecule has 0 amide bonds. The first-order chi connectivity index (χ1) is 12.1. The van der Waals surface area contributed by atoms with Crippen LogP contribution in [0.5, 0.6) is 5.75 Å². The van der Waals surface area contributed by atoms with Gasteiger partial charge in [-0.1, -0.05) is 24.3 Å². The van der Waals surface area contributed by atoms with Gasteiger partial charge in [0.05, 0.1) is 7.11 Å². The van der Waals surface area contributed by atoms with Gasteiger partial charge >= 0.3 is 0 Å². The van der Waals surface area contributed by atoms with Gasteiger partial charge in [0.2, 0.25) is 5.95 Å². The zero-order valence-electron chi connectivity index (χ0n) is 14.7. The molecule has 3 rings (SSSR count). The fourth-order valence-electron chi connectivity index (χ4n) is 2.51. The van der Waals surface area contributed by atoms with Crippen LogP contribution in [0.1, 0.15) is 16.8 Å². The molecule has 0 atom stereocenters. The summed E-state index contributed by atoms with van der Waals surface area (Å²) in [6, 6.07) is 17.9. The molecule has 0 saturated carbocycles. The van der Waals surface area contributed by atoms with Crippen LogP contribution in [0.3, 0.4) is 0 Å². The molecule has 0 unspecified atom stereocenters. The maximum Gasteiger partial charge on any atom is 0.229 e. The lowest BCUT2D eigenvalue weighted by Crippen LogP contribution is -2.06. The highest BCUT2D eigenvalue weighted by Crippen LogP contribution is 2.19. The van der Waals surface area contributed by atoms with Crippen molar-refractivity contribution in [3.05, 3.63) is 71.4 Å². The molecular weight excluding hydrogens is 312 g/mol. The van der Waals surface area contributed by atoms with Crippen LogP contribution in [0.25, 0.3) is 0 Å². The molecule has 0 spiro atoms. The highest BCUT2D eigenvalue weighted by Gasteiger charge is 2.04. The monoisotopic (exact) mass is 334 g/mol. The molecule has 2 N–H and O–H groups in total. The molecule has 1 heterocycles. The van der Waals surface area contributed by atoms with E-state index in [0.29, 0.717) is 5.95 Å². The molecule has 0 aliphatic rings. The summed E-state index contributed by atoms with van der Waals surface area (Å²) in [5.74, 6) is 2.18. The number of aromatic nitrogens is 2. The molecule has 0 radical (unpaired) electrons. The Bertz CT molecular complexity index is 847. The van der Waals surface area contributed by atoms with E-state index in [-0.39, 0.29) is 0 Å². The highest BCUT2D eigenvalue weighted by molar-refractivity contribution is 5.56. The maximum absolute atomic E-state index is 5.17. The Hall–Kier alpha value is -3.08. The van der Waals surface area contributed by atoms with Crippen molar-refractivity contribution in [2.45, 2.75) is 20.4 Å². The molecule has 1 aromatic heterocycles. The van der Waals surface area contributed by atoms with Gasteiger partial charge < -0.3 is 15.4 Å². The van der Waals surface area contributed by atoms with Crippen molar-refractivity contribution in [1.29, 1.82) is 0 Å². The second kappa shape index (κ2) is 7.66. The van der Waals surface area contributed by atoms with E-state index in [2.05, 4.69) is 39.7 Å². The normalized spacial score (nSPS) is 10.4. The van der Waals surface area contributed by atoms with E-state index in [1.807, 2.05) is 49.4 Å². The second-order valence-corrected chi connectivity index (χ2v) is 5.85. The quantitative estimate of drug-likeness (QED) is 0.697. The molecule has 128 valence electrons. The fourth-order valence-corrected chi connectivity index (χ4v) is 2.51. The van der Waals surface area contributed by atoms with E-state index in [4.69, 9.17) is 4.74 Å². The predicted octanol–water partition coefficient (Wildman–Crippen LogP) is 4.46. The van der Waals surface area contributed by atoms with E-state index in [1.54, 1.807) is 7.11 Å². The zero-order valence-corrected chi connectivity index (χ0v) is 14.7. The summed E-state index contributed by atoms with van der Waals surface area (Å²) in [5, 5.41) is 6.60. The summed E-state index contributed by atoms with van der Waals surface area (Å²) in [5.41, 5.74) is 4.33. The van der Waals surface area contributed by atoms with Crippen molar-refractivity contribution >= 4 is 17.5 Å². The third-order valence-electron chi connectivity index (χ3n) is 3.92. The summed E-state index contributed by atoms with van der Waals surface area (Å²) in [7, 11) is 1.65. The Kier molecular flexibility index (Phi) is 5.14. The van der Waals surface area contributed by atoms with Gasteiger partial charge in [0, 0.05) is 24.0 Å². The van der Waals surface area contributed by atoms with Gasteiger partial charge in [-0.15, -0.1) is 0 Å². The van der Waals surface area contributed by atoms with Crippen molar-refractivity contribution in [2.75, 3.05) is 17.7 Å². The van der Waals surface area contributed by atoms with Crippen molar-refractivity contribution in [3.8, 4) is 5.75 Å². The molecule has 25 heavy (non-hydrogen) atoms. The number of anilines is 3. The minimum atomic E-state index is 0.567. The highest BCUT2D eigenvalue weighted by atomic mass is 16.5. The Morgan fingerprint density at radius 3 is 2.44 bits per heavy atom. The number of hydrogen-bond acceptors (Lipinski definition) is 5. The lowest BCUT2D eigenvalue weighted by atomic mass is 10.1. The first-order valence-corrected chi connectivity index (χ1v) is 8.19. The molecule has 0 aliphatic carbocycles. The lowest BCUT2D eigenvalue weighted by molar-refractivity contribution is 0.415. The lowest BCUT2D eigenvalue weighted by Gasteiger charge is -2.11. The standard InChI is InChI=1S/C20H22N4O/c1-14-6-4-5-7-16(14)13-21-19-12-15(2)22-20(24-19)23-17-8-10-18(25-3)11-9-17/h4-12H,13H2,1-3H3,(H2,21,22,23,24). The molecule has 5 nitrogen and oxygen atoms in total. The van der Waals surface area contributed by atoms with Crippen LogP contribution < -0.4 is 15.4 Å². The van der Waals surface area contributed by atoms with Crippen LogP contribution in [0.4, 0.5) is 17.5 Å². The van der Waals surface area contributed by atoms with E-state index in [0.717, 1.165) is 29.5 Å². The number of hydrogen-bond donors (Lipinski definition) is 2. The summed E-state index contributed by atoms with van der Waals surface area (Å²) in [6.45, 7) is 4.80. The number of nitrogens with one attached hydrogen (secondary N) is 2. The van der Waals surface area contributed by atoms with Crippen molar-refractivity contribution in [2.24, 2.45) is 0 Å². The number of nitrogens with zero attached hydrogens (tertiary/aromatic N) is 2. The van der Waals surface area contributed by atoms with Crippen LogP contribution in [0, 0.1) is 13.8 Å². The van der Waals surface area contributed by atoms with E-state index in [9.17, 15) is 0 Å². The molecule has 3 aromatic rings. The number of rotatable bonds is 6. The van der Waals surface area contributed by atoms with Crippen LogP contribution in [0.15, 0.2) is 54.6 Å². The van der Waals surface area contributed by atoms with Gasteiger partial charge in [-0.3, -0.25) is 0 Å². The predicted molar refractivity (Wildman–Crippen MR) is 102 cm³/mol. The van der Waals surface area contributed by atoms with Gasteiger partial charge in [-0.25, -0.2) is 4.98 Å². The average molecular weight is 334 g/mol. The summed E-state index contributed by atoms with van der Waals surface area (Å²) >= 11 is 0. The number of methoxy groups -OCH3 is 1. The number of benzene rings is 2. The fraction of sp³-hybridized carbons (Fsp3) is 0.200. The zero-order chi connectivity index (χ0) is 17.6. The van der Waals surface area contributed by atoms with Gasteiger partial charge in [0.1, 0.15) is 11.6 Å². The summed E-state index contributed by atoms with van der Waals surface area (Å²) in [6.07, 6.45) is 0. The SMILES string of the molecule is COc1ccc(Nc2nc(C)cc(NCc3ccccc3C)n2)cc1. The third kappa shape index (κ3) is 4.47. The summed E-state index contributed by atoms with van der Waals surface area (Å²) < 4.78 is 5.17.